The van der Waals surface area contributed by atoms with Gasteiger partial charge in [-0.3, -0.25) is 14.4 Å². The fourth-order valence-corrected chi connectivity index (χ4v) is 5.60. The summed E-state index contributed by atoms with van der Waals surface area (Å²) in [4.78, 5) is 37.8. The second-order valence-corrected chi connectivity index (χ2v) is 12.3. The molecule has 1 saturated carbocycles. The molecule has 0 aliphatic heterocycles. The van der Waals surface area contributed by atoms with Crippen molar-refractivity contribution in [3.8, 4) is 0 Å². The molecule has 0 radical (unpaired) electrons. The number of carbonyl (C=O) groups is 3. The quantitative estimate of drug-likeness (QED) is 0.145. The van der Waals surface area contributed by atoms with E-state index in [1.165, 1.54) is 31.2 Å². The van der Waals surface area contributed by atoms with Crippen molar-refractivity contribution in [3.63, 3.8) is 0 Å². The lowest BCUT2D eigenvalue weighted by molar-refractivity contribution is -0.140. The van der Waals surface area contributed by atoms with E-state index in [1.54, 1.807) is 0 Å². The zero-order valence-electron chi connectivity index (χ0n) is 23.5. The molecule has 6 nitrogen and oxygen atoms in total. The minimum atomic E-state index is -4.99. The van der Waals surface area contributed by atoms with Crippen LogP contribution >= 0.6 is 34.8 Å². The number of nitrogens with one attached hydrogen (secondary N) is 3. The van der Waals surface area contributed by atoms with E-state index in [1.807, 2.05) is 0 Å². The molecule has 0 bridgehead atoms. The van der Waals surface area contributed by atoms with Crippen molar-refractivity contribution in [1.29, 1.82) is 0 Å². The summed E-state index contributed by atoms with van der Waals surface area (Å²) >= 11 is 18.6. The van der Waals surface area contributed by atoms with Gasteiger partial charge >= 0.3 is 6.18 Å². The van der Waals surface area contributed by atoms with Crippen molar-refractivity contribution in [3.05, 3.63) is 87.9 Å². The number of benzene rings is 3. The van der Waals surface area contributed by atoms with Crippen molar-refractivity contribution in [2.45, 2.75) is 48.5 Å². The van der Waals surface area contributed by atoms with Crippen LogP contribution in [0.3, 0.4) is 0 Å². The van der Waals surface area contributed by atoms with Gasteiger partial charge in [0.1, 0.15) is 16.0 Å². The number of hydrogen-bond acceptors (Lipinski definition) is 3. The molecule has 246 valence electrons. The van der Waals surface area contributed by atoms with Gasteiger partial charge in [-0.05, 0) is 54.1 Å². The van der Waals surface area contributed by atoms with E-state index in [2.05, 4.69) is 16.0 Å². The third-order valence-electron chi connectivity index (χ3n) is 7.21. The minimum absolute atomic E-state index is 0.0150. The molecule has 0 aromatic heterocycles. The van der Waals surface area contributed by atoms with Crippen molar-refractivity contribution in [1.82, 2.24) is 0 Å². The van der Waals surface area contributed by atoms with E-state index >= 15 is 0 Å². The lowest BCUT2D eigenvalue weighted by Crippen LogP contribution is -2.20. The molecular weight excluding hydrogens is 690 g/mol. The number of amides is 3. The Hall–Kier alpha value is -3.55. The maximum absolute atomic E-state index is 14.8. The fourth-order valence-electron chi connectivity index (χ4n) is 4.60. The highest BCUT2D eigenvalue weighted by molar-refractivity contribution is 6.53. The van der Waals surface area contributed by atoms with E-state index in [9.17, 15) is 45.1 Å². The molecular formula is C30H23Cl3F7N3O3. The Morgan fingerprint density at radius 2 is 1.50 bits per heavy atom. The molecule has 4 rings (SSSR count). The molecule has 0 spiro atoms. The predicted molar refractivity (Wildman–Crippen MR) is 160 cm³/mol. The normalized spacial score (nSPS) is 17.3. The van der Waals surface area contributed by atoms with Crippen LogP contribution < -0.4 is 16.0 Å². The van der Waals surface area contributed by atoms with E-state index in [0.717, 1.165) is 18.2 Å². The monoisotopic (exact) mass is 711 g/mol. The summed E-state index contributed by atoms with van der Waals surface area (Å²) in [5.74, 6) is -10.4. The Labute approximate surface area is 272 Å². The Bertz CT molecular complexity index is 1690. The van der Waals surface area contributed by atoms with Gasteiger partial charge in [0.25, 0.3) is 5.91 Å². The van der Waals surface area contributed by atoms with E-state index in [-0.39, 0.29) is 27.6 Å². The van der Waals surface area contributed by atoms with Gasteiger partial charge in [0, 0.05) is 36.6 Å². The summed E-state index contributed by atoms with van der Waals surface area (Å²) < 4.78 is 93.0. The fraction of sp³-hybridized carbons (Fsp3) is 0.300. The summed E-state index contributed by atoms with van der Waals surface area (Å²) in [6.45, 7) is 1.28. The molecule has 1 aliphatic carbocycles. The van der Waals surface area contributed by atoms with Crippen LogP contribution in [0.4, 0.5) is 47.8 Å². The zero-order chi connectivity index (χ0) is 34.2. The van der Waals surface area contributed by atoms with Gasteiger partial charge in [-0.15, -0.1) is 23.2 Å². The first-order chi connectivity index (χ1) is 21.3. The molecule has 0 saturated heterocycles. The maximum Gasteiger partial charge on any atom is 0.419 e. The largest absolute Gasteiger partial charge is 0.419 e. The highest BCUT2D eigenvalue weighted by atomic mass is 35.5. The van der Waals surface area contributed by atoms with E-state index < -0.39 is 88.0 Å². The van der Waals surface area contributed by atoms with Gasteiger partial charge < -0.3 is 16.0 Å². The van der Waals surface area contributed by atoms with Crippen molar-refractivity contribution < 1.29 is 45.1 Å². The van der Waals surface area contributed by atoms with Crippen LogP contribution in [0.15, 0.2) is 54.6 Å². The van der Waals surface area contributed by atoms with E-state index in [4.69, 9.17) is 34.8 Å². The molecule has 1 fully saturated rings. The first-order valence-electron chi connectivity index (χ1n) is 13.5. The molecule has 3 N–H and O–H groups in total. The molecule has 2 atom stereocenters. The number of hydrogen-bond donors (Lipinski definition) is 3. The number of anilines is 3. The van der Waals surface area contributed by atoms with Gasteiger partial charge in [-0.2, -0.15) is 13.2 Å². The van der Waals surface area contributed by atoms with Gasteiger partial charge in [0.15, 0.2) is 0 Å². The number of alkyl halides is 7. The smallest absolute Gasteiger partial charge is 0.326 e. The summed E-state index contributed by atoms with van der Waals surface area (Å²) in [6, 6.07) is 9.12. The van der Waals surface area contributed by atoms with Crippen LogP contribution in [-0.4, -0.2) is 28.0 Å². The third-order valence-corrected chi connectivity index (χ3v) is 8.48. The average Bonchev–Trinajstić information content (AvgIpc) is 3.55. The predicted octanol–water partition coefficient (Wildman–Crippen LogP) is 9.18. The van der Waals surface area contributed by atoms with Crippen LogP contribution in [0, 0.1) is 17.6 Å². The standard InChI is InChI=1S/C30H23Cl3F7N3O3/c1-2-28(36,37)10-9-23(44)41-15-4-6-17(21(35)12-15)26(45)43-22-13-16(5-7-19(22)31)42-27(46)25-24(29(25,32)33)14-3-8-20(34)18(11-14)30(38,39)40/h3-8,11-13,24-25H,2,9-10H2,1H3,(H,41,44)(H,42,46)(H,43,45). The van der Waals surface area contributed by atoms with Crippen LogP contribution in [0.25, 0.3) is 0 Å². The number of rotatable bonds is 10. The topological polar surface area (TPSA) is 87.3 Å². The molecule has 16 heteroatoms. The number of halogens is 10. The van der Waals surface area contributed by atoms with Crippen LogP contribution in [0.2, 0.25) is 5.02 Å². The van der Waals surface area contributed by atoms with Crippen LogP contribution in [-0.2, 0) is 15.8 Å². The molecule has 3 amide bonds. The highest BCUT2D eigenvalue weighted by Crippen LogP contribution is 2.65. The summed E-state index contributed by atoms with van der Waals surface area (Å²) in [5.41, 5.74) is -2.18. The first-order valence-corrected chi connectivity index (χ1v) is 14.6. The molecule has 1 aliphatic rings. The summed E-state index contributed by atoms with van der Waals surface area (Å²) in [6.07, 6.45) is -6.61. The van der Waals surface area contributed by atoms with Gasteiger partial charge in [0.05, 0.1) is 27.8 Å². The van der Waals surface area contributed by atoms with Gasteiger partial charge in [-0.25, -0.2) is 17.6 Å². The van der Waals surface area contributed by atoms with E-state index in [0.29, 0.717) is 12.1 Å². The Morgan fingerprint density at radius 3 is 2.13 bits per heavy atom. The SMILES string of the molecule is CCC(F)(F)CCC(=O)Nc1ccc(C(=O)Nc2cc(NC(=O)C3C(c4ccc(F)c(C(F)(F)F)c4)C3(Cl)Cl)ccc2Cl)c(F)c1. The second kappa shape index (κ2) is 13.3. The Kier molecular flexibility index (Phi) is 10.2. The number of carbonyl (C=O) groups excluding carboxylic acids is 3. The molecule has 3 aromatic carbocycles. The lowest BCUT2D eigenvalue weighted by atomic mass is 10.0. The third kappa shape index (κ3) is 8.05. The average molecular weight is 713 g/mol. The summed E-state index contributed by atoms with van der Waals surface area (Å²) in [5, 5.41) is 7.13. The Morgan fingerprint density at radius 1 is 0.848 bits per heavy atom. The summed E-state index contributed by atoms with van der Waals surface area (Å²) in [7, 11) is 0. The van der Waals surface area contributed by atoms with Crippen molar-refractivity contribution in [2.75, 3.05) is 16.0 Å². The zero-order valence-corrected chi connectivity index (χ0v) is 25.7. The van der Waals surface area contributed by atoms with Gasteiger partial charge in [-0.1, -0.05) is 24.6 Å². The Balaban J connectivity index is 1.43. The maximum atomic E-state index is 14.8. The van der Waals surface area contributed by atoms with Crippen LogP contribution in [0.5, 0.6) is 0 Å². The first kappa shape index (κ1) is 35.3. The van der Waals surface area contributed by atoms with Gasteiger partial charge in [0.2, 0.25) is 17.7 Å². The van der Waals surface area contributed by atoms with Crippen molar-refractivity contribution in [2.24, 2.45) is 5.92 Å². The van der Waals surface area contributed by atoms with Crippen LogP contribution in [0.1, 0.15) is 53.6 Å². The van der Waals surface area contributed by atoms with Crippen molar-refractivity contribution >= 4 is 69.6 Å². The highest BCUT2D eigenvalue weighted by Gasteiger charge is 2.67. The molecule has 0 heterocycles. The lowest BCUT2D eigenvalue weighted by Gasteiger charge is -2.14. The molecule has 3 aromatic rings. The minimum Gasteiger partial charge on any atom is -0.326 e. The molecule has 2 unspecified atom stereocenters. The second-order valence-electron chi connectivity index (χ2n) is 10.5. The molecule has 46 heavy (non-hydrogen) atoms.